The minimum atomic E-state index is -0.419. The average Bonchev–Trinajstić information content (AvgIpc) is 2.35. The van der Waals surface area contributed by atoms with Crippen molar-refractivity contribution in [2.75, 3.05) is 5.32 Å². The maximum Gasteiger partial charge on any atom is 0.258 e. The van der Waals surface area contributed by atoms with Crippen molar-refractivity contribution < 1.29 is 4.79 Å². The number of nitrogens with zero attached hydrogens (tertiary/aromatic N) is 3. The van der Waals surface area contributed by atoms with E-state index in [0.717, 1.165) is 0 Å². The van der Waals surface area contributed by atoms with E-state index in [0.29, 0.717) is 0 Å². The molecule has 8 heteroatoms. The van der Waals surface area contributed by atoms with E-state index < -0.39 is 5.91 Å². The third kappa shape index (κ3) is 3.07. The molecule has 2 rings (SSSR count). The van der Waals surface area contributed by atoms with Crippen molar-refractivity contribution in [3.8, 4) is 0 Å². The predicted molar refractivity (Wildman–Crippen MR) is 69.3 cm³/mol. The Balaban J connectivity index is 2.16. The average molecular weight is 304 g/mol. The molecule has 0 aliphatic carbocycles. The van der Waals surface area contributed by atoms with E-state index in [1.165, 1.54) is 24.4 Å². The molecule has 1 amide bonds. The molecule has 1 N–H and O–H groups in total. The molecule has 0 spiro atoms. The van der Waals surface area contributed by atoms with Crippen molar-refractivity contribution in [2.45, 2.75) is 0 Å². The lowest BCUT2D eigenvalue weighted by molar-refractivity contribution is 0.102. The van der Waals surface area contributed by atoms with Crippen LogP contribution >= 0.6 is 34.8 Å². The first-order valence-electron chi connectivity index (χ1n) is 4.68. The molecule has 2 heterocycles. The summed E-state index contributed by atoms with van der Waals surface area (Å²) in [7, 11) is 0. The number of carbonyl (C=O) groups excluding carboxylic acids is 1. The van der Waals surface area contributed by atoms with Gasteiger partial charge in [0, 0.05) is 6.20 Å². The van der Waals surface area contributed by atoms with Crippen LogP contribution in [0.2, 0.25) is 15.3 Å². The number of nitrogens with one attached hydrogen (secondary N) is 1. The number of amides is 1. The van der Waals surface area contributed by atoms with Crippen molar-refractivity contribution in [3.63, 3.8) is 0 Å². The van der Waals surface area contributed by atoms with Crippen LogP contribution in [0.5, 0.6) is 0 Å². The number of halogens is 3. The Morgan fingerprint density at radius 2 is 1.94 bits per heavy atom. The fraction of sp³-hybridized carbons (Fsp3) is 0. The SMILES string of the molecule is O=C(Nc1ccc(Cl)nn1)c1cnc(Cl)c(Cl)c1. The molecule has 0 atom stereocenters. The van der Waals surface area contributed by atoms with Crippen LogP contribution in [0.15, 0.2) is 24.4 Å². The molecule has 18 heavy (non-hydrogen) atoms. The number of hydrogen-bond acceptors (Lipinski definition) is 4. The second-order valence-electron chi connectivity index (χ2n) is 3.19. The van der Waals surface area contributed by atoms with Crippen molar-refractivity contribution in [1.29, 1.82) is 0 Å². The maximum atomic E-state index is 11.8. The summed E-state index contributed by atoms with van der Waals surface area (Å²) in [5.74, 6) is -0.145. The Morgan fingerprint density at radius 1 is 1.17 bits per heavy atom. The molecule has 5 nitrogen and oxygen atoms in total. The molecule has 0 fully saturated rings. The molecule has 2 aromatic rings. The van der Waals surface area contributed by atoms with E-state index in [2.05, 4.69) is 20.5 Å². The minimum absolute atomic E-state index is 0.138. The molecule has 2 aromatic heterocycles. The maximum absolute atomic E-state index is 11.8. The standard InChI is InChI=1S/C10H5Cl3N4O/c11-6-3-5(4-14-9(6)13)10(18)15-8-2-1-7(12)16-17-8/h1-4H,(H,15,17,18). The van der Waals surface area contributed by atoms with Gasteiger partial charge in [-0.3, -0.25) is 4.79 Å². The molecule has 0 saturated carbocycles. The molecule has 92 valence electrons. The summed E-state index contributed by atoms with van der Waals surface area (Å²) >= 11 is 17.0. The van der Waals surface area contributed by atoms with Crippen LogP contribution in [-0.2, 0) is 0 Å². The van der Waals surface area contributed by atoms with Crippen LogP contribution in [-0.4, -0.2) is 21.1 Å². The summed E-state index contributed by atoms with van der Waals surface area (Å²) in [5, 5.41) is 10.4. The van der Waals surface area contributed by atoms with E-state index in [1.807, 2.05) is 0 Å². The van der Waals surface area contributed by atoms with Gasteiger partial charge in [-0.1, -0.05) is 34.8 Å². The monoisotopic (exact) mass is 302 g/mol. The zero-order valence-corrected chi connectivity index (χ0v) is 11.0. The molecular weight excluding hydrogens is 298 g/mol. The summed E-state index contributed by atoms with van der Waals surface area (Å²) < 4.78 is 0. The van der Waals surface area contributed by atoms with Gasteiger partial charge < -0.3 is 5.32 Å². The summed E-state index contributed by atoms with van der Waals surface area (Å²) in [6.07, 6.45) is 1.31. The van der Waals surface area contributed by atoms with Crippen LogP contribution in [0.1, 0.15) is 10.4 Å². The lowest BCUT2D eigenvalue weighted by Crippen LogP contribution is -2.13. The zero-order chi connectivity index (χ0) is 13.1. The summed E-state index contributed by atoms with van der Waals surface area (Å²) in [5.41, 5.74) is 0.265. The van der Waals surface area contributed by atoms with Gasteiger partial charge in [-0.15, -0.1) is 10.2 Å². The van der Waals surface area contributed by atoms with Gasteiger partial charge in [-0.25, -0.2) is 4.98 Å². The second-order valence-corrected chi connectivity index (χ2v) is 4.34. The lowest BCUT2D eigenvalue weighted by atomic mass is 10.2. The summed E-state index contributed by atoms with van der Waals surface area (Å²) in [4.78, 5) is 15.6. The number of rotatable bonds is 2. The van der Waals surface area contributed by atoms with Gasteiger partial charge in [0.1, 0.15) is 5.15 Å². The van der Waals surface area contributed by atoms with E-state index in [9.17, 15) is 4.79 Å². The van der Waals surface area contributed by atoms with Crippen molar-refractivity contribution in [1.82, 2.24) is 15.2 Å². The van der Waals surface area contributed by atoms with Gasteiger partial charge >= 0.3 is 0 Å². The first kappa shape index (κ1) is 13.0. The van der Waals surface area contributed by atoms with Crippen LogP contribution in [0.3, 0.4) is 0 Å². The Morgan fingerprint density at radius 3 is 2.56 bits per heavy atom. The fourth-order valence-corrected chi connectivity index (χ4v) is 1.49. The van der Waals surface area contributed by atoms with E-state index in [-0.39, 0.29) is 26.7 Å². The molecule has 0 aliphatic rings. The normalized spacial score (nSPS) is 10.2. The topological polar surface area (TPSA) is 67.8 Å². The highest BCUT2D eigenvalue weighted by atomic mass is 35.5. The first-order valence-corrected chi connectivity index (χ1v) is 5.81. The third-order valence-electron chi connectivity index (χ3n) is 1.93. The van der Waals surface area contributed by atoms with Gasteiger partial charge in [0.2, 0.25) is 0 Å². The second kappa shape index (κ2) is 5.48. The number of hydrogen-bond donors (Lipinski definition) is 1. The molecule has 0 aliphatic heterocycles. The van der Waals surface area contributed by atoms with E-state index in [4.69, 9.17) is 34.8 Å². The largest absolute Gasteiger partial charge is 0.305 e. The van der Waals surface area contributed by atoms with E-state index in [1.54, 1.807) is 0 Å². The Labute approximate surface area is 117 Å². The fourth-order valence-electron chi connectivity index (χ4n) is 1.12. The number of pyridine rings is 1. The molecule has 0 bridgehead atoms. The van der Waals surface area contributed by atoms with Crippen LogP contribution in [0.4, 0.5) is 5.82 Å². The molecular formula is C10H5Cl3N4O. The lowest BCUT2D eigenvalue weighted by Gasteiger charge is -2.04. The highest BCUT2D eigenvalue weighted by Gasteiger charge is 2.10. The first-order chi connectivity index (χ1) is 8.56. The molecule has 0 unspecified atom stereocenters. The molecule has 0 saturated heterocycles. The Bertz CT molecular complexity index is 588. The summed E-state index contributed by atoms with van der Waals surface area (Å²) in [6, 6.07) is 4.45. The van der Waals surface area contributed by atoms with Crippen molar-refractivity contribution >= 4 is 46.5 Å². The third-order valence-corrected chi connectivity index (χ3v) is 2.82. The van der Waals surface area contributed by atoms with Gasteiger partial charge in [-0.05, 0) is 18.2 Å². The van der Waals surface area contributed by atoms with Gasteiger partial charge in [0.25, 0.3) is 5.91 Å². The Hall–Kier alpha value is -1.43. The highest BCUT2D eigenvalue weighted by molar-refractivity contribution is 6.41. The van der Waals surface area contributed by atoms with E-state index >= 15 is 0 Å². The van der Waals surface area contributed by atoms with Crippen LogP contribution < -0.4 is 5.32 Å². The molecule has 0 aromatic carbocycles. The highest BCUT2D eigenvalue weighted by Crippen LogP contribution is 2.20. The summed E-state index contributed by atoms with van der Waals surface area (Å²) in [6.45, 7) is 0. The van der Waals surface area contributed by atoms with Crippen molar-refractivity contribution in [2.24, 2.45) is 0 Å². The van der Waals surface area contributed by atoms with Gasteiger partial charge in [0.15, 0.2) is 11.0 Å². The van der Waals surface area contributed by atoms with Gasteiger partial charge in [0.05, 0.1) is 10.6 Å². The number of anilines is 1. The Kier molecular flexibility index (Phi) is 3.96. The minimum Gasteiger partial charge on any atom is -0.305 e. The van der Waals surface area contributed by atoms with Crippen LogP contribution in [0.25, 0.3) is 0 Å². The molecule has 0 radical (unpaired) electrons. The van der Waals surface area contributed by atoms with Crippen molar-refractivity contribution in [3.05, 3.63) is 45.3 Å². The quantitative estimate of drug-likeness (QED) is 0.866. The smallest absolute Gasteiger partial charge is 0.258 e. The predicted octanol–water partition coefficient (Wildman–Crippen LogP) is 3.08. The number of aromatic nitrogens is 3. The van der Waals surface area contributed by atoms with Crippen LogP contribution in [0, 0.1) is 0 Å². The zero-order valence-electron chi connectivity index (χ0n) is 8.69. The number of carbonyl (C=O) groups is 1. The van der Waals surface area contributed by atoms with Gasteiger partial charge in [-0.2, -0.15) is 0 Å².